The zero-order valence-corrected chi connectivity index (χ0v) is 26.5. The monoisotopic (exact) mass is 583 g/mol. The van der Waals surface area contributed by atoms with Gasteiger partial charge in [0.2, 0.25) is 5.91 Å². The summed E-state index contributed by atoms with van der Waals surface area (Å²) in [5, 5.41) is 13.5. The van der Waals surface area contributed by atoms with Crippen LogP contribution in [0.1, 0.15) is 48.5 Å². The third-order valence-corrected chi connectivity index (χ3v) is 12.7. The van der Waals surface area contributed by atoms with Gasteiger partial charge < -0.3 is 23.7 Å². The molecule has 1 heterocycles. The molecule has 224 valence electrons. The van der Waals surface area contributed by atoms with E-state index in [0.717, 1.165) is 10.4 Å². The molecule has 3 rings (SSSR count). The van der Waals surface area contributed by atoms with Crippen LogP contribution in [-0.2, 0) is 28.2 Å². The molecule has 0 bridgehead atoms. The van der Waals surface area contributed by atoms with Crippen LogP contribution < -0.4 is 10.4 Å². The van der Waals surface area contributed by atoms with Gasteiger partial charge >= 0.3 is 0 Å². The van der Waals surface area contributed by atoms with Crippen molar-refractivity contribution in [2.45, 2.75) is 84.1 Å². The first-order valence-corrected chi connectivity index (χ1v) is 16.0. The Bertz CT molecular complexity index is 1140. The molecule has 0 saturated carbocycles. The maximum absolute atomic E-state index is 12.8. The second-order valence-corrected chi connectivity index (χ2v) is 16.0. The van der Waals surface area contributed by atoms with Gasteiger partial charge in [-0.2, -0.15) is 0 Å². The largest absolute Gasteiger partial charge is 0.405 e. The van der Waals surface area contributed by atoms with Crippen molar-refractivity contribution in [2.75, 3.05) is 20.3 Å². The number of amides is 1. The molecule has 2 aromatic carbocycles. The Balaban J connectivity index is 2.01. The Morgan fingerprint density at radius 1 is 1.02 bits per heavy atom. The van der Waals surface area contributed by atoms with E-state index in [9.17, 15) is 14.7 Å². The number of hydrogen-bond donors (Lipinski definition) is 1. The number of carbonyl (C=O) groups excluding carboxylic acids is 2. The fourth-order valence-corrected chi connectivity index (χ4v) is 9.76. The minimum atomic E-state index is -2.91. The highest BCUT2D eigenvalue weighted by Crippen LogP contribution is 2.38. The topological polar surface area (TPSA) is 94.5 Å². The molecule has 0 aromatic heterocycles. The number of methoxy groups -OCH3 is 1. The Hall–Kier alpha value is -2.66. The molecule has 0 radical (unpaired) electrons. The zero-order chi connectivity index (χ0) is 30.4. The Morgan fingerprint density at radius 3 is 2.00 bits per heavy atom. The summed E-state index contributed by atoms with van der Waals surface area (Å²) in [5.74, 6) is -0.517. The van der Waals surface area contributed by atoms with Crippen LogP contribution in [0.25, 0.3) is 0 Å². The van der Waals surface area contributed by atoms with E-state index in [1.807, 2.05) is 43.3 Å². The van der Waals surface area contributed by atoms with Gasteiger partial charge in [0.1, 0.15) is 18.3 Å². The van der Waals surface area contributed by atoms with E-state index in [-0.39, 0.29) is 36.0 Å². The number of ether oxygens (including phenoxy) is 3. The number of carbonyl (C=O) groups is 2. The summed E-state index contributed by atoms with van der Waals surface area (Å²) in [7, 11) is -1.33. The summed E-state index contributed by atoms with van der Waals surface area (Å²) >= 11 is 0. The Kier molecular flexibility index (Phi) is 11.2. The molecule has 41 heavy (non-hydrogen) atoms. The molecule has 9 heteroatoms. The van der Waals surface area contributed by atoms with Crippen LogP contribution in [0.15, 0.2) is 72.4 Å². The van der Waals surface area contributed by atoms with Gasteiger partial charge in [-0.15, -0.1) is 0 Å². The standard InChI is InChI=1S/C32H45NO7Si/c1-22(24(3)34)19-33(25(4)35)31-30(38-20-23(2)37-8)29(36)28(40-31)21-39-41(32(5,6)7,26-15-11-9-12-16-26)27-17-13-10-14-18-27/h9-19,23,28-31,36H,20-21H2,1-8H3/b22-19-/t23?,28-,29?,30+,31-/m1/s1. The molecular weight excluding hydrogens is 538 g/mol. The number of ketones is 1. The second-order valence-electron chi connectivity index (χ2n) is 11.7. The third kappa shape index (κ3) is 7.41. The summed E-state index contributed by atoms with van der Waals surface area (Å²) in [6.07, 6.45) is -2.53. The molecule has 8 nitrogen and oxygen atoms in total. The van der Waals surface area contributed by atoms with Crippen LogP contribution in [0.2, 0.25) is 5.04 Å². The van der Waals surface area contributed by atoms with E-state index >= 15 is 0 Å². The predicted molar refractivity (Wildman–Crippen MR) is 161 cm³/mol. The molecule has 1 aliphatic rings. The first-order valence-electron chi connectivity index (χ1n) is 14.0. The lowest BCUT2D eigenvalue weighted by atomic mass is 10.1. The zero-order valence-electron chi connectivity index (χ0n) is 25.5. The number of benzene rings is 2. The predicted octanol–water partition coefficient (Wildman–Crippen LogP) is 3.41. The van der Waals surface area contributed by atoms with Gasteiger partial charge in [0.15, 0.2) is 12.0 Å². The van der Waals surface area contributed by atoms with Crippen molar-refractivity contribution in [3.63, 3.8) is 0 Å². The summed E-state index contributed by atoms with van der Waals surface area (Å²) in [5.41, 5.74) is 0.384. The maximum atomic E-state index is 12.8. The molecule has 1 amide bonds. The number of hydrogen-bond acceptors (Lipinski definition) is 7. The molecule has 1 N–H and O–H groups in total. The van der Waals surface area contributed by atoms with Gasteiger partial charge in [-0.1, -0.05) is 81.4 Å². The number of aliphatic hydroxyl groups excluding tert-OH is 1. The number of rotatable bonds is 12. The summed E-state index contributed by atoms with van der Waals surface area (Å²) in [6, 6.07) is 20.4. The maximum Gasteiger partial charge on any atom is 0.261 e. The van der Waals surface area contributed by atoms with Gasteiger partial charge in [-0.25, -0.2) is 0 Å². The average molecular weight is 584 g/mol. The van der Waals surface area contributed by atoms with E-state index in [1.165, 1.54) is 24.9 Å². The molecule has 1 fully saturated rings. The van der Waals surface area contributed by atoms with E-state index in [2.05, 4.69) is 45.0 Å². The fraction of sp³-hybridized carbons (Fsp3) is 0.500. The van der Waals surface area contributed by atoms with Crippen LogP contribution in [-0.4, -0.2) is 81.0 Å². The number of allylic oxidation sites excluding steroid dienone is 1. The second kappa shape index (κ2) is 14.0. The molecule has 1 saturated heterocycles. The van der Waals surface area contributed by atoms with E-state index in [0.29, 0.717) is 5.57 Å². The summed E-state index contributed by atoms with van der Waals surface area (Å²) in [4.78, 5) is 26.1. The van der Waals surface area contributed by atoms with Crippen LogP contribution in [0.5, 0.6) is 0 Å². The van der Waals surface area contributed by atoms with Crippen molar-refractivity contribution in [3.05, 3.63) is 72.4 Å². The lowest BCUT2D eigenvalue weighted by molar-refractivity contribution is -0.148. The van der Waals surface area contributed by atoms with Crippen LogP contribution in [0.3, 0.4) is 0 Å². The van der Waals surface area contributed by atoms with Crippen molar-refractivity contribution in [1.82, 2.24) is 4.90 Å². The normalized spacial score (nSPS) is 22.4. The first kappa shape index (κ1) is 32.8. The Morgan fingerprint density at radius 2 is 1.56 bits per heavy atom. The first-order chi connectivity index (χ1) is 19.3. The van der Waals surface area contributed by atoms with Crippen LogP contribution >= 0.6 is 0 Å². The van der Waals surface area contributed by atoms with Crippen molar-refractivity contribution in [2.24, 2.45) is 0 Å². The molecule has 1 aliphatic heterocycles. The quantitative estimate of drug-likeness (QED) is 0.302. The number of nitrogens with zero attached hydrogens (tertiary/aromatic N) is 1. The van der Waals surface area contributed by atoms with E-state index < -0.39 is 32.9 Å². The van der Waals surface area contributed by atoms with Crippen LogP contribution in [0, 0.1) is 0 Å². The molecule has 0 aliphatic carbocycles. The van der Waals surface area contributed by atoms with Gasteiger partial charge in [-0.3, -0.25) is 14.5 Å². The molecular formula is C32H45NO7Si. The molecule has 0 spiro atoms. The van der Waals surface area contributed by atoms with Crippen LogP contribution in [0.4, 0.5) is 0 Å². The minimum absolute atomic E-state index is 0.0752. The highest BCUT2D eigenvalue weighted by Gasteiger charge is 2.53. The lowest BCUT2D eigenvalue weighted by Crippen LogP contribution is -2.67. The molecule has 2 aromatic rings. The smallest absolute Gasteiger partial charge is 0.261 e. The summed E-state index contributed by atoms with van der Waals surface area (Å²) < 4.78 is 24.8. The van der Waals surface area contributed by atoms with Crippen molar-refractivity contribution in [1.29, 1.82) is 0 Å². The molecule has 2 unspecified atom stereocenters. The Labute approximate surface area is 245 Å². The third-order valence-electron chi connectivity index (χ3n) is 7.65. The fourth-order valence-electron chi connectivity index (χ4n) is 5.19. The van der Waals surface area contributed by atoms with Gasteiger partial charge in [0.25, 0.3) is 8.32 Å². The number of Topliss-reactive ketones (excluding diaryl/α,β-unsaturated/α-hetero) is 1. The highest BCUT2D eigenvalue weighted by atomic mass is 28.4. The van der Waals surface area contributed by atoms with E-state index in [1.54, 1.807) is 14.0 Å². The van der Waals surface area contributed by atoms with Crippen molar-refractivity contribution in [3.8, 4) is 0 Å². The van der Waals surface area contributed by atoms with Gasteiger partial charge in [0.05, 0.1) is 19.3 Å². The van der Waals surface area contributed by atoms with Gasteiger partial charge in [-0.05, 0) is 36.2 Å². The summed E-state index contributed by atoms with van der Waals surface area (Å²) in [6.45, 7) is 13.1. The number of aliphatic hydroxyl groups is 1. The van der Waals surface area contributed by atoms with Gasteiger partial charge in [0, 0.05) is 25.8 Å². The lowest BCUT2D eigenvalue weighted by Gasteiger charge is -2.43. The SMILES string of the molecule is COC(C)CO[C@H]1C(O)[C@@H](CO[Si](c2ccccc2)(c2ccccc2)C(C)(C)C)O[C@H]1N(/C=C(/C)C(C)=O)C(C)=O. The molecule has 5 atom stereocenters. The minimum Gasteiger partial charge on any atom is -0.405 e. The van der Waals surface area contributed by atoms with Crippen molar-refractivity contribution < 1.29 is 33.3 Å². The average Bonchev–Trinajstić information content (AvgIpc) is 3.25. The van der Waals surface area contributed by atoms with Crippen molar-refractivity contribution >= 4 is 30.4 Å². The van der Waals surface area contributed by atoms with E-state index in [4.69, 9.17) is 18.6 Å². The highest BCUT2D eigenvalue weighted by molar-refractivity contribution is 6.99.